The Labute approximate surface area is 99.6 Å². The average molecular weight is 236 g/mol. The predicted molar refractivity (Wildman–Crippen MR) is 65.0 cm³/mol. The van der Waals surface area contributed by atoms with Crippen molar-refractivity contribution >= 4 is 17.3 Å². The van der Waals surface area contributed by atoms with Crippen LogP contribution in [-0.2, 0) is 11.2 Å². The van der Waals surface area contributed by atoms with Gasteiger partial charge in [0.25, 0.3) is 0 Å². The summed E-state index contributed by atoms with van der Waals surface area (Å²) in [6.07, 6.45) is 1.77. The van der Waals surface area contributed by atoms with Gasteiger partial charge in [0.15, 0.2) is 0 Å². The van der Waals surface area contributed by atoms with Crippen molar-refractivity contribution in [3.63, 3.8) is 0 Å². The highest BCUT2D eigenvalue weighted by Crippen LogP contribution is 2.32. The number of nitrogens with one attached hydrogen (secondary N) is 1. The van der Waals surface area contributed by atoms with Crippen LogP contribution >= 0.6 is 0 Å². The van der Waals surface area contributed by atoms with Crippen LogP contribution in [0.3, 0.4) is 0 Å². The number of carbonyl (C=O) groups is 1. The number of aliphatic hydroxyl groups is 1. The number of aryl methyl sites for hydroxylation is 1. The van der Waals surface area contributed by atoms with Gasteiger partial charge in [0.1, 0.15) is 5.75 Å². The third-order valence-electron chi connectivity index (χ3n) is 2.69. The highest BCUT2D eigenvalue weighted by molar-refractivity contribution is 5.94. The lowest BCUT2D eigenvalue weighted by Crippen LogP contribution is -2.19. The number of ether oxygens (including phenoxy) is 1. The summed E-state index contributed by atoms with van der Waals surface area (Å²) >= 11 is 0. The van der Waals surface area contributed by atoms with E-state index in [4.69, 9.17) is 15.6 Å². The van der Waals surface area contributed by atoms with E-state index in [0.29, 0.717) is 37.3 Å². The number of amides is 1. The maximum Gasteiger partial charge on any atom is 0.224 e. The summed E-state index contributed by atoms with van der Waals surface area (Å²) < 4.78 is 5.44. The van der Waals surface area contributed by atoms with E-state index in [9.17, 15) is 4.79 Å². The average Bonchev–Trinajstić information content (AvgIpc) is 2.31. The first-order valence-corrected chi connectivity index (χ1v) is 5.66. The first-order chi connectivity index (χ1) is 8.20. The zero-order chi connectivity index (χ0) is 12.3. The Hall–Kier alpha value is -1.75. The molecule has 1 aromatic rings. The van der Waals surface area contributed by atoms with Gasteiger partial charge in [-0.3, -0.25) is 4.79 Å². The fourth-order valence-electron chi connectivity index (χ4n) is 1.80. The van der Waals surface area contributed by atoms with Gasteiger partial charge in [0, 0.05) is 31.2 Å². The van der Waals surface area contributed by atoms with Crippen LogP contribution in [0.4, 0.5) is 11.4 Å². The second-order valence-corrected chi connectivity index (χ2v) is 4.02. The molecule has 0 saturated heterocycles. The van der Waals surface area contributed by atoms with Crippen molar-refractivity contribution in [1.29, 1.82) is 0 Å². The number of fused-ring (bicyclic) bond motifs is 1. The van der Waals surface area contributed by atoms with Crippen molar-refractivity contribution in [2.75, 3.05) is 24.3 Å². The number of hydrogen-bond acceptors (Lipinski definition) is 4. The van der Waals surface area contributed by atoms with Gasteiger partial charge < -0.3 is 20.9 Å². The summed E-state index contributed by atoms with van der Waals surface area (Å²) in [7, 11) is 0. The van der Waals surface area contributed by atoms with E-state index >= 15 is 0 Å². The number of nitrogens with two attached hydrogens (primary N) is 1. The number of rotatable bonds is 4. The number of hydrogen-bond donors (Lipinski definition) is 3. The van der Waals surface area contributed by atoms with Crippen LogP contribution in [0.5, 0.6) is 5.75 Å². The van der Waals surface area contributed by atoms with Crippen molar-refractivity contribution in [1.82, 2.24) is 0 Å². The highest BCUT2D eigenvalue weighted by atomic mass is 16.5. The molecule has 5 nitrogen and oxygen atoms in total. The number of nitrogen functional groups attached to an aromatic ring is 1. The molecule has 0 aliphatic carbocycles. The quantitative estimate of drug-likeness (QED) is 0.536. The first-order valence-electron chi connectivity index (χ1n) is 5.66. The summed E-state index contributed by atoms with van der Waals surface area (Å²) in [5.74, 6) is 0.572. The van der Waals surface area contributed by atoms with E-state index in [-0.39, 0.29) is 12.5 Å². The Balaban J connectivity index is 2.17. The van der Waals surface area contributed by atoms with Crippen LogP contribution < -0.4 is 15.8 Å². The molecular formula is C12H16N2O3. The zero-order valence-corrected chi connectivity index (χ0v) is 9.53. The number of anilines is 2. The van der Waals surface area contributed by atoms with Crippen molar-refractivity contribution in [3.8, 4) is 5.75 Å². The maximum atomic E-state index is 11.3. The van der Waals surface area contributed by atoms with Crippen molar-refractivity contribution in [2.24, 2.45) is 0 Å². The van der Waals surface area contributed by atoms with E-state index in [0.717, 1.165) is 11.3 Å². The van der Waals surface area contributed by atoms with Gasteiger partial charge in [0.2, 0.25) is 5.91 Å². The molecule has 1 aliphatic rings. The SMILES string of the molecule is Nc1cc2c(cc1OCCCO)NC(=O)CC2. The van der Waals surface area contributed by atoms with Crippen LogP contribution in [0.15, 0.2) is 12.1 Å². The van der Waals surface area contributed by atoms with Gasteiger partial charge in [0.05, 0.1) is 12.3 Å². The molecule has 0 unspecified atom stereocenters. The third-order valence-corrected chi connectivity index (χ3v) is 2.69. The summed E-state index contributed by atoms with van der Waals surface area (Å²) in [5, 5.41) is 11.5. The van der Waals surface area contributed by atoms with Crippen LogP contribution in [0.2, 0.25) is 0 Å². The molecule has 92 valence electrons. The second kappa shape index (κ2) is 5.05. The zero-order valence-electron chi connectivity index (χ0n) is 9.53. The topological polar surface area (TPSA) is 84.6 Å². The smallest absolute Gasteiger partial charge is 0.224 e. The summed E-state index contributed by atoms with van der Waals surface area (Å²) in [5.41, 5.74) is 8.24. The molecule has 0 radical (unpaired) electrons. The maximum absolute atomic E-state index is 11.3. The summed E-state index contributed by atoms with van der Waals surface area (Å²) in [6.45, 7) is 0.495. The molecule has 0 saturated carbocycles. The van der Waals surface area contributed by atoms with Crippen molar-refractivity contribution in [2.45, 2.75) is 19.3 Å². The molecule has 1 amide bonds. The van der Waals surface area contributed by atoms with E-state index < -0.39 is 0 Å². The van der Waals surface area contributed by atoms with Gasteiger partial charge >= 0.3 is 0 Å². The van der Waals surface area contributed by atoms with Gasteiger partial charge in [-0.25, -0.2) is 0 Å². The molecule has 17 heavy (non-hydrogen) atoms. The fraction of sp³-hybridized carbons (Fsp3) is 0.417. The molecule has 1 aliphatic heterocycles. The molecule has 4 N–H and O–H groups in total. The molecule has 0 bridgehead atoms. The molecule has 0 aromatic heterocycles. The van der Waals surface area contributed by atoms with E-state index in [1.807, 2.05) is 6.07 Å². The number of benzene rings is 1. The van der Waals surface area contributed by atoms with Crippen LogP contribution in [0, 0.1) is 0 Å². The molecule has 1 aromatic carbocycles. The number of aliphatic hydroxyl groups excluding tert-OH is 1. The monoisotopic (exact) mass is 236 g/mol. The Morgan fingerprint density at radius 3 is 3.00 bits per heavy atom. The Morgan fingerprint density at radius 2 is 2.24 bits per heavy atom. The van der Waals surface area contributed by atoms with Crippen molar-refractivity contribution in [3.05, 3.63) is 17.7 Å². The first kappa shape index (κ1) is 11.7. The molecule has 0 fully saturated rings. The molecule has 1 heterocycles. The highest BCUT2D eigenvalue weighted by Gasteiger charge is 2.17. The van der Waals surface area contributed by atoms with E-state index in [1.54, 1.807) is 6.07 Å². The minimum atomic E-state index is 0.0172. The van der Waals surface area contributed by atoms with E-state index in [2.05, 4.69) is 5.32 Å². The lowest BCUT2D eigenvalue weighted by molar-refractivity contribution is -0.116. The summed E-state index contributed by atoms with van der Waals surface area (Å²) in [4.78, 5) is 11.3. The third kappa shape index (κ3) is 2.68. The molecule has 5 heteroatoms. The molecule has 0 spiro atoms. The van der Waals surface area contributed by atoms with Crippen molar-refractivity contribution < 1.29 is 14.6 Å². The Bertz CT molecular complexity index is 432. The minimum Gasteiger partial charge on any atom is -0.491 e. The molecular weight excluding hydrogens is 220 g/mol. The normalized spacial score (nSPS) is 14.1. The molecule has 2 rings (SSSR count). The van der Waals surface area contributed by atoms with Crippen LogP contribution in [0.1, 0.15) is 18.4 Å². The van der Waals surface area contributed by atoms with Gasteiger partial charge in [-0.1, -0.05) is 0 Å². The second-order valence-electron chi connectivity index (χ2n) is 4.02. The predicted octanol–water partition coefficient (Wildman–Crippen LogP) is 0.915. The lowest BCUT2D eigenvalue weighted by atomic mass is 10.0. The molecule has 0 atom stereocenters. The number of carbonyl (C=O) groups excluding carboxylic acids is 1. The Kier molecular flexibility index (Phi) is 3.49. The van der Waals surface area contributed by atoms with Crippen LogP contribution in [-0.4, -0.2) is 24.2 Å². The fourth-order valence-corrected chi connectivity index (χ4v) is 1.80. The van der Waals surface area contributed by atoms with E-state index in [1.165, 1.54) is 0 Å². The minimum absolute atomic E-state index is 0.0172. The van der Waals surface area contributed by atoms with Gasteiger partial charge in [-0.2, -0.15) is 0 Å². The van der Waals surface area contributed by atoms with Gasteiger partial charge in [-0.05, 0) is 18.1 Å². The standard InChI is InChI=1S/C12H16N2O3/c13-9-6-8-2-3-12(16)14-10(8)7-11(9)17-5-1-4-15/h6-7,15H,1-5,13H2,(H,14,16). The largest absolute Gasteiger partial charge is 0.491 e. The van der Waals surface area contributed by atoms with Crippen LogP contribution in [0.25, 0.3) is 0 Å². The summed E-state index contributed by atoms with van der Waals surface area (Å²) in [6, 6.07) is 3.59. The lowest BCUT2D eigenvalue weighted by Gasteiger charge is -2.19. The Morgan fingerprint density at radius 1 is 1.41 bits per heavy atom. The van der Waals surface area contributed by atoms with Gasteiger partial charge in [-0.15, -0.1) is 0 Å².